The van der Waals surface area contributed by atoms with E-state index in [4.69, 9.17) is 5.73 Å². The van der Waals surface area contributed by atoms with E-state index in [0.717, 1.165) is 0 Å². The van der Waals surface area contributed by atoms with Crippen LogP contribution >= 0.6 is 0 Å². The van der Waals surface area contributed by atoms with Gasteiger partial charge in [0.05, 0.1) is 12.1 Å². The van der Waals surface area contributed by atoms with Gasteiger partial charge in [-0.2, -0.15) is 0 Å². The fraction of sp³-hybridized carbons (Fsp3) is 0.222. The Bertz CT molecular complexity index is 447. The molecule has 0 aliphatic carbocycles. The van der Waals surface area contributed by atoms with Crippen molar-refractivity contribution in [2.45, 2.75) is 6.54 Å². The summed E-state index contributed by atoms with van der Waals surface area (Å²) in [5, 5.41) is 0. The Morgan fingerprint density at radius 3 is 2.92 bits per heavy atom. The molecule has 0 unspecified atom stereocenters. The first kappa shape index (κ1) is 8.19. The highest BCUT2D eigenvalue weighted by atomic mass is 19.1. The van der Waals surface area contributed by atoms with E-state index in [1.807, 2.05) is 0 Å². The van der Waals surface area contributed by atoms with Crippen molar-refractivity contribution in [2.75, 3.05) is 0 Å². The maximum absolute atomic E-state index is 13.3. The predicted octanol–water partition coefficient (Wildman–Crippen LogP) is 1.17. The Morgan fingerprint density at radius 2 is 2.31 bits per heavy atom. The molecule has 68 valence electrons. The molecule has 0 spiro atoms. The maximum Gasteiger partial charge on any atom is 0.149 e. The number of imidazole rings is 1. The van der Waals surface area contributed by atoms with Gasteiger partial charge in [-0.15, -0.1) is 0 Å². The van der Waals surface area contributed by atoms with Gasteiger partial charge in [0, 0.05) is 7.05 Å². The molecule has 3 nitrogen and oxygen atoms in total. The number of para-hydroxylation sites is 1. The first-order valence-corrected chi connectivity index (χ1v) is 4.04. The Kier molecular flexibility index (Phi) is 1.77. The van der Waals surface area contributed by atoms with Crippen LogP contribution in [0.25, 0.3) is 11.0 Å². The third-order valence-corrected chi connectivity index (χ3v) is 2.12. The minimum Gasteiger partial charge on any atom is -0.328 e. The quantitative estimate of drug-likeness (QED) is 0.714. The van der Waals surface area contributed by atoms with Gasteiger partial charge in [0.25, 0.3) is 0 Å². The van der Waals surface area contributed by atoms with Crippen molar-refractivity contribution in [3.05, 3.63) is 29.8 Å². The van der Waals surface area contributed by atoms with Gasteiger partial charge >= 0.3 is 0 Å². The maximum atomic E-state index is 13.3. The van der Waals surface area contributed by atoms with Crippen LogP contribution in [0.2, 0.25) is 0 Å². The lowest BCUT2D eigenvalue weighted by molar-refractivity contribution is 0.630. The molecular weight excluding hydrogens is 169 g/mol. The van der Waals surface area contributed by atoms with E-state index < -0.39 is 0 Å². The molecule has 0 saturated heterocycles. The highest BCUT2D eigenvalue weighted by molar-refractivity contribution is 5.76. The van der Waals surface area contributed by atoms with Crippen LogP contribution in [0.4, 0.5) is 4.39 Å². The normalized spacial score (nSPS) is 11.0. The molecule has 0 saturated carbocycles. The minimum absolute atomic E-state index is 0.257. The van der Waals surface area contributed by atoms with E-state index in [1.165, 1.54) is 6.07 Å². The summed E-state index contributed by atoms with van der Waals surface area (Å²) in [5.41, 5.74) is 6.63. The van der Waals surface area contributed by atoms with Gasteiger partial charge < -0.3 is 10.3 Å². The lowest BCUT2D eigenvalue weighted by atomic mass is 10.3. The van der Waals surface area contributed by atoms with Crippen molar-refractivity contribution in [1.82, 2.24) is 9.55 Å². The van der Waals surface area contributed by atoms with Crippen LogP contribution in [-0.2, 0) is 13.6 Å². The number of aryl methyl sites for hydroxylation is 1. The molecule has 13 heavy (non-hydrogen) atoms. The molecule has 0 aliphatic heterocycles. The van der Waals surface area contributed by atoms with E-state index in [0.29, 0.717) is 23.4 Å². The van der Waals surface area contributed by atoms with E-state index in [-0.39, 0.29) is 5.82 Å². The van der Waals surface area contributed by atoms with E-state index in [2.05, 4.69) is 4.98 Å². The summed E-state index contributed by atoms with van der Waals surface area (Å²) in [6.45, 7) is 0.324. The largest absolute Gasteiger partial charge is 0.328 e. The molecule has 0 bridgehead atoms. The number of halogens is 1. The van der Waals surface area contributed by atoms with E-state index in [1.54, 1.807) is 23.7 Å². The van der Waals surface area contributed by atoms with Crippen LogP contribution in [0.1, 0.15) is 5.82 Å². The number of hydrogen-bond donors (Lipinski definition) is 1. The molecule has 2 N–H and O–H groups in total. The first-order chi connectivity index (χ1) is 6.24. The average molecular weight is 179 g/mol. The third kappa shape index (κ3) is 1.10. The molecule has 0 atom stereocenters. The van der Waals surface area contributed by atoms with Crippen molar-refractivity contribution < 1.29 is 4.39 Å². The average Bonchev–Trinajstić information content (AvgIpc) is 2.44. The van der Waals surface area contributed by atoms with Gasteiger partial charge in [-0.1, -0.05) is 6.07 Å². The minimum atomic E-state index is -0.257. The Hall–Kier alpha value is -1.42. The number of rotatable bonds is 1. The smallest absolute Gasteiger partial charge is 0.149 e. The van der Waals surface area contributed by atoms with Gasteiger partial charge in [0.2, 0.25) is 0 Å². The summed E-state index contributed by atoms with van der Waals surface area (Å²) in [6, 6.07) is 4.84. The molecule has 4 heteroatoms. The highest BCUT2D eigenvalue weighted by Gasteiger charge is 2.09. The fourth-order valence-electron chi connectivity index (χ4n) is 1.45. The Balaban J connectivity index is 2.85. The molecule has 1 aromatic carbocycles. The van der Waals surface area contributed by atoms with Crippen LogP contribution in [0.5, 0.6) is 0 Å². The van der Waals surface area contributed by atoms with Crippen LogP contribution in [0.15, 0.2) is 18.2 Å². The summed E-state index contributed by atoms with van der Waals surface area (Å²) in [6.07, 6.45) is 0. The van der Waals surface area contributed by atoms with Gasteiger partial charge in [0.1, 0.15) is 17.2 Å². The van der Waals surface area contributed by atoms with Crippen molar-refractivity contribution in [3.63, 3.8) is 0 Å². The predicted molar refractivity (Wildman–Crippen MR) is 48.6 cm³/mol. The molecule has 0 amide bonds. The van der Waals surface area contributed by atoms with Crippen LogP contribution in [-0.4, -0.2) is 9.55 Å². The lowest BCUT2D eigenvalue weighted by Crippen LogP contribution is -2.04. The van der Waals surface area contributed by atoms with Crippen LogP contribution < -0.4 is 5.73 Å². The monoisotopic (exact) mass is 179 g/mol. The van der Waals surface area contributed by atoms with E-state index >= 15 is 0 Å². The van der Waals surface area contributed by atoms with Crippen LogP contribution in [0.3, 0.4) is 0 Å². The summed E-state index contributed by atoms with van der Waals surface area (Å²) in [4.78, 5) is 4.19. The Morgan fingerprint density at radius 1 is 1.54 bits per heavy atom. The van der Waals surface area contributed by atoms with Crippen molar-refractivity contribution in [3.8, 4) is 0 Å². The van der Waals surface area contributed by atoms with Crippen LogP contribution in [0, 0.1) is 5.82 Å². The van der Waals surface area contributed by atoms with Gasteiger partial charge in [-0.25, -0.2) is 9.37 Å². The highest BCUT2D eigenvalue weighted by Crippen LogP contribution is 2.17. The third-order valence-electron chi connectivity index (χ3n) is 2.12. The summed E-state index contributed by atoms with van der Waals surface area (Å²) in [7, 11) is 1.76. The molecule has 1 heterocycles. The van der Waals surface area contributed by atoms with Gasteiger partial charge in [-0.05, 0) is 12.1 Å². The topological polar surface area (TPSA) is 43.8 Å². The standard InChI is InChI=1S/C9H10FN3/c1-13-8(5-11)12-7-4-2-3-6(10)9(7)13/h2-4H,5,11H2,1H3. The molecule has 0 aliphatic rings. The second kappa shape index (κ2) is 2.81. The SMILES string of the molecule is Cn1c(CN)nc2cccc(F)c21. The fourth-order valence-corrected chi connectivity index (χ4v) is 1.45. The van der Waals surface area contributed by atoms with Crippen molar-refractivity contribution in [1.29, 1.82) is 0 Å². The van der Waals surface area contributed by atoms with Gasteiger partial charge in [-0.3, -0.25) is 0 Å². The molecule has 1 aromatic heterocycles. The molecule has 2 rings (SSSR count). The zero-order valence-corrected chi connectivity index (χ0v) is 7.29. The van der Waals surface area contributed by atoms with Gasteiger partial charge in [0.15, 0.2) is 0 Å². The number of aromatic nitrogens is 2. The number of fused-ring (bicyclic) bond motifs is 1. The summed E-state index contributed by atoms with van der Waals surface area (Å²) < 4.78 is 15.0. The summed E-state index contributed by atoms with van der Waals surface area (Å²) in [5.74, 6) is 0.437. The first-order valence-electron chi connectivity index (χ1n) is 4.04. The lowest BCUT2D eigenvalue weighted by Gasteiger charge is -1.98. The molecule has 0 radical (unpaired) electrons. The number of nitrogens with zero attached hydrogens (tertiary/aromatic N) is 2. The number of hydrogen-bond acceptors (Lipinski definition) is 2. The Labute approximate surface area is 75.0 Å². The molecule has 0 fully saturated rings. The molecule has 2 aromatic rings. The van der Waals surface area contributed by atoms with Crippen molar-refractivity contribution in [2.24, 2.45) is 12.8 Å². The number of nitrogens with two attached hydrogens (primary N) is 1. The second-order valence-electron chi connectivity index (χ2n) is 2.90. The summed E-state index contributed by atoms with van der Waals surface area (Å²) >= 11 is 0. The zero-order chi connectivity index (χ0) is 9.42. The second-order valence-corrected chi connectivity index (χ2v) is 2.90. The number of benzene rings is 1. The molecular formula is C9H10FN3. The zero-order valence-electron chi connectivity index (χ0n) is 7.29. The van der Waals surface area contributed by atoms with E-state index in [9.17, 15) is 4.39 Å². The van der Waals surface area contributed by atoms with Crippen molar-refractivity contribution >= 4 is 11.0 Å².